The van der Waals surface area contributed by atoms with E-state index in [1.165, 1.54) is 19.3 Å². The van der Waals surface area contributed by atoms with E-state index >= 15 is 0 Å². The third-order valence-electron chi connectivity index (χ3n) is 4.08. The summed E-state index contributed by atoms with van der Waals surface area (Å²) in [6.07, 6.45) is 5.60. The van der Waals surface area contributed by atoms with E-state index < -0.39 is 10.8 Å². The SMILES string of the molecule is CC1(C)C(=O)C(C)(C)C1=N/N=C/N1CCCCC1. The summed E-state index contributed by atoms with van der Waals surface area (Å²) in [7, 11) is 0. The molecule has 4 heteroatoms. The van der Waals surface area contributed by atoms with Crippen LogP contribution in [0.3, 0.4) is 0 Å². The molecule has 1 saturated carbocycles. The summed E-state index contributed by atoms with van der Waals surface area (Å²) in [5, 5.41) is 8.48. The lowest BCUT2D eigenvalue weighted by Gasteiger charge is -2.47. The van der Waals surface area contributed by atoms with Gasteiger partial charge in [-0.25, -0.2) is 0 Å². The highest BCUT2D eigenvalue weighted by Gasteiger charge is 2.59. The summed E-state index contributed by atoms with van der Waals surface area (Å²) in [6.45, 7) is 9.84. The maximum atomic E-state index is 11.9. The average Bonchev–Trinajstić information content (AvgIpc) is 2.34. The second-order valence-corrected chi connectivity index (χ2v) is 6.36. The monoisotopic (exact) mass is 249 g/mol. The van der Waals surface area contributed by atoms with Crippen molar-refractivity contribution in [1.29, 1.82) is 0 Å². The molecule has 0 bridgehead atoms. The van der Waals surface area contributed by atoms with E-state index in [9.17, 15) is 4.79 Å². The van der Waals surface area contributed by atoms with Crippen LogP contribution in [0.2, 0.25) is 0 Å². The smallest absolute Gasteiger partial charge is 0.155 e. The number of hydrogen-bond acceptors (Lipinski definition) is 3. The van der Waals surface area contributed by atoms with E-state index in [2.05, 4.69) is 15.1 Å². The lowest BCUT2D eigenvalue weighted by molar-refractivity contribution is -0.134. The molecule has 0 spiro atoms. The molecule has 1 saturated heterocycles. The summed E-state index contributed by atoms with van der Waals surface area (Å²) in [6, 6.07) is 0. The third-order valence-corrected chi connectivity index (χ3v) is 4.08. The van der Waals surface area contributed by atoms with Crippen LogP contribution in [0.4, 0.5) is 0 Å². The summed E-state index contributed by atoms with van der Waals surface area (Å²) in [5.74, 6) is 0.252. The summed E-state index contributed by atoms with van der Waals surface area (Å²) < 4.78 is 0. The Hall–Kier alpha value is -1.19. The normalized spacial score (nSPS) is 26.3. The highest BCUT2D eigenvalue weighted by Crippen LogP contribution is 2.47. The lowest BCUT2D eigenvalue weighted by atomic mass is 9.53. The van der Waals surface area contributed by atoms with Crippen molar-refractivity contribution in [3.63, 3.8) is 0 Å². The molecule has 0 N–H and O–H groups in total. The molecule has 18 heavy (non-hydrogen) atoms. The molecular weight excluding hydrogens is 226 g/mol. The molecular formula is C14H23N3O. The van der Waals surface area contributed by atoms with Gasteiger partial charge in [0.1, 0.15) is 6.34 Å². The van der Waals surface area contributed by atoms with E-state index in [1.54, 1.807) is 0 Å². The molecule has 0 aromatic heterocycles. The summed E-state index contributed by atoms with van der Waals surface area (Å²) >= 11 is 0. The molecule has 0 amide bonds. The number of nitrogens with zero attached hydrogens (tertiary/aromatic N) is 3. The first-order chi connectivity index (χ1) is 8.37. The molecule has 0 atom stereocenters. The number of likely N-dealkylation sites (tertiary alicyclic amines) is 1. The fraction of sp³-hybridized carbons (Fsp3) is 0.786. The number of ketones is 1. The van der Waals surface area contributed by atoms with E-state index in [0.717, 1.165) is 18.8 Å². The molecule has 1 aliphatic carbocycles. The van der Waals surface area contributed by atoms with Gasteiger partial charge < -0.3 is 4.90 Å². The largest absolute Gasteiger partial charge is 0.361 e. The number of carbonyl (C=O) groups is 1. The van der Waals surface area contributed by atoms with Gasteiger partial charge in [-0.2, -0.15) is 5.10 Å². The van der Waals surface area contributed by atoms with Gasteiger partial charge in [0.05, 0.1) is 16.5 Å². The highest BCUT2D eigenvalue weighted by atomic mass is 16.1. The molecule has 0 aromatic rings. The molecule has 4 nitrogen and oxygen atoms in total. The second kappa shape index (κ2) is 4.48. The number of rotatable bonds is 2. The standard InChI is InChI=1S/C14H23N3O/c1-13(2)11(14(3,4)12(13)18)16-15-10-17-8-6-5-7-9-17/h10H,5-9H2,1-4H3/b15-10+. The first-order valence-corrected chi connectivity index (χ1v) is 6.78. The molecule has 100 valence electrons. The number of Topliss-reactive ketones (excluding diaryl/α,β-unsaturated/α-hetero) is 1. The Balaban J connectivity index is 2.05. The number of piperidine rings is 1. The first kappa shape index (κ1) is 13.2. The van der Waals surface area contributed by atoms with Crippen LogP contribution < -0.4 is 0 Å². The van der Waals surface area contributed by atoms with Crippen molar-refractivity contribution < 1.29 is 4.79 Å². The van der Waals surface area contributed by atoms with Gasteiger partial charge in [-0.15, -0.1) is 5.10 Å². The maximum absolute atomic E-state index is 11.9. The zero-order chi connectivity index (χ0) is 13.4. The van der Waals surface area contributed by atoms with E-state index in [1.807, 2.05) is 34.0 Å². The molecule has 0 unspecified atom stereocenters. The van der Waals surface area contributed by atoms with Crippen LogP contribution in [0, 0.1) is 10.8 Å². The zero-order valence-corrected chi connectivity index (χ0v) is 11.9. The zero-order valence-electron chi connectivity index (χ0n) is 11.9. The Labute approximate surface area is 109 Å². The molecule has 2 fully saturated rings. The molecule has 0 aromatic carbocycles. The fourth-order valence-electron chi connectivity index (χ4n) is 3.16. The van der Waals surface area contributed by atoms with Crippen molar-refractivity contribution in [2.24, 2.45) is 21.0 Å². The predicted molar refractivity (Wildman–Crippen MR) is 73.9 cm³/mol. The average molecular weight is 249 g/mol. The van der Waals surface area contributed by atoms with Gasteiger partial charge in [0.25, 0.3) is 0 Å². The summed E-state index contributed by atoms with van der Waals surface area (Å²) in [5.41, 5.74) is 0.0131. The third kappa shape index (κ3) is 2.08. The molecule has 0 radical (unpaired) electrons. The Kier molecular flexibility index (Phi) is 3.30. The molecule has 1 heterocycles. The second-order valence-electron chi connectivity index (χ2n) is 6.36. The minimum Gasteiger partial charge on any atom is -0.361 e. The summed E-state index contributed by atoms with van der Waals surface area (Å²) in [4.78, 5) is 14.1. The van der Waals surface area contributed by atoms with Crippen molar-refractivity contribution in [2.45, 2.75) is 47.0 Å². The molecule has 2 aliphatic rings. The van der Waals surface area contributed by atoms with Gasteiger partial charge in [-0.3, -0.25) is 4.79 Å². The maximum Gasteiger partial charge on any atom is 0.155 e. The lowest BCUT2D eigenvalue weighted by Crippen LogP contribution is -2.61. The highest BCUT2D eigenvalue weighted by molar-refractivity contribution is 6.31. The van der Waals surface area contributed by atoms with Crippen molar-refractivity contribution in [2.75, 3.05) is 13.1 Å². The Morgan fingerprint density at radius 2 is 1.61 bits per heavy atom. The van der Waals surface area contributed by atoms with Crippen LogP contribution in [0.25, 0.3) is 0 Å². The predicted octanol–water partition coefficient (Wildman–Crippen LogP) is 2.49. The Morgan fingerprint density at radius 3 is 2.17 bits per heavy atom. The van der Waals surface area contributed by atoms with Crippen molar-refractivity contribution in [3.05, 3.63) is 0 Å². The Morgan fingerprint density at radius 1 is 1.06 bits per heavy atom. The van der Waals surface area contributed by atoms with Crippen molar-refractivity contribution >= 4 is 17.8 Å². The first-order valence-electron chi connectivity index (χ1n) is 6.78. The van der Waals surface area contributed by atoms with E-state index in [-0.39, 0.29) is 5.78 Å². The fourth-order valence-corrected chi connectivity index (χ4v) is 3.16. The van der Waals surface area contributed by atoms with Crippen LogP contribution in [0.1, 0.15) is 47.0 Å². The van der Waals surface area contributed by atoms with Crippen LogP contribution in [-0.2, 0) is 4.79 Å². The van der Waals surface area contributed by atoms with Gasteiger partial charge >= 0.3 is 0 Å². The van der Waals surface area contributed by atoms with Crippen molar-refractivity contribution in [1.82, 2.24) is 4.90 Å². The van der Waals surface area contributed by atoms with Crippen LogP contribution >= 0.6 is 0 Å². The van der Waals surface area contributed by atoms with Crippen LogP contribution in [0.15, 0.2) is 10.2 Å². The Bertz CT molecular complexity index is 381. The molecule has 2 rings (SSSR count). The van der Waals surface area contributed by atoms with Gasteiger partial charge in [0.2, 0.25) is 0 Å². The van der Waals surface area contributed by atoms with Crippen LogP contribution in [-0.4, -0.2) is 35.8 Å². The van der Waals surface area contributed by atoms with E-state index in [0.29, 0.717) is 0 Å². The minimum atomic E-state index is -0.442. The van der Waals surface area contributed by atoms with Crippen LogP contribution in [0.5, 0.6) is 0 Å². The van der Waals surface area contributed by atoms with Gasteiger partial charge in [-0.1, -0.05) is 0 Å². The number of carbonyl (C=O) groups excluding carboxylic acids is 1. The van der Waals surface area contributed by atoms with Gasteiger partial charge in [0, 0.05) is 13.1 Å². The minimum absolute atomic E-state index is 0.252. The van der Waals surface area contributed by atoms with E-state index in [4.69, 9.17) is 0 Å². The van der Waals surface area contributed by atoms with Gasteiger partial charge in [0.15, 0.2) is 5.78 Å². The molecule has 1 aliphatic heterocycles. The topological polar surface area (TPSA) is 45.0 Å². The van der Waals surface area contributed by atoms with Crippen molar-refractivity contribution in [3.8, 4) is 0 Å². The number of hydrogen-bond donors (Lipinski definition) is 0. The quantitative estimate of drug-likeness (QED) is 0.429. The van der Waals surface area contributed by atoms with Gasteiger partial charge in [-0.05, 0) is 47.0 Å².